The molecule has 1 fully saturated rings. The molecule has 104 valence electrons. The normalized spacial score (nSPS) is 19.5. The summed E-state index contributed by atoms with van der Waals surface area (Å²) in [6, 6.07) is 4.45. The zero-order valence-electron chi connectivity index (χ0n) is 10.7. The van der Waals surface area contributed by atoms with Gasteiger partial charge in [0.25, 0.3) is 5.91 Å². The van der Waals surface area contributed by atoms with Gasteiger partial charge in [-0.25, -0.2) is 4.39 Å². The first kappa shape index (κ1) is 14.2. The summed E-state index contributed by atoms with van der Waals surface area (Å²) in [5.74, 6) is -1.00. The van der Waals surface area contributed by atoms with Gasteiger partial charge in [-0.3, -0.25) is 4.79 Å². The molecular weight excluding hydrogens is 271 g/mol. The molecule has 19 heavy (non-hydrogen) atoms. The van der Waals surface area contributed by atoms with Crippen LogP contribution in [-0.2, 0) is 4.74 Å². The molecule has 4 nitrogen and oxygen atoms in total. The van der Waals surface area contributed by atoms with Gasteiger partial charge in [-0.2, -0.15) is 0 Å². The Labute approximate surface area is 116 Å². The van der Waals surface area contributed by atoms with Crippen LogP contribution in [0, 0.1) is 5.82 Å². The van der Waals surface area contributed by atoms with E-state index in [4.69, 9.17) is 16.3 Å². The van der Waals surface area contributed by atoms with E-state index in [9.17, 15) is 9.18 Å². The van der Waals surface area contributed by atoms with Crippen LogP contribution < -0.4 is 5.32 Å². The quantitative estimate of drug-likeness (QED) is 0.916. The molecular formula is C13H16ClFN2O2. The highest BCUT2D eigenvalue weighted by atomic mass is 35.5. The van der Waals surface area contributed by atoms with Crippen LogP contribution in [0.2, 0.25) is 5.02 Å². The Morgan fingerprint density at radius 1 is 1.63 bits per heavy atom. The third-order valence-electron chi connectivity index (χ3n) is 3.04. The highest BCUT2D eigenvalue weighted by Crippen LogP contribution is 2.20. The van der Waals surface area contributed by atoms with Crippen molar-refractivity contribution in [3.8, 4) is 0 Å². The largest absolute Gasteiger partial charge is 0.373 e. The summed E-state index contributed by atoms with van der Waals surface area (Å²) in [6.07, 6.45) is -0.0649. The number of nitrogens with one attached hydrogen (secondary N) is 1. The van der Waals surface area contributed by atoms with Crippen molar-refractivity contribution in [3.63, 3.8) is 0 Å². The molecule has 0 aromatic heterocycles. The summed E-state index contributed by atoms with van der Waals surface area (Å²) in [4.78, 5) is 13.9. The Morgan fingerprint density at radius 3 is 3.16 bits per heavy atom. The zero-order chi connectivity index (χ0) is 13.8. The molecule has 0 bridgehead atoms. The van der Waals surface area contributed by atoms with Crippen molar-refractivity contribution in [2.45, 2.75) is 6.10 Å². The van der Waals surface area contributed by atoms with E-state index in [0.29, 0.717) is 26.2 Å². The van der Waals surface area contributed by atoms with Crippen LogP contribution in [0.3, 0.4) is 0 Å². The number of carbonyl (C=O) groups excluding carboxylic acids is 1. The number of hydrogen-bond acceptors (Lipinski definition) is 3. The predicted octanol–water partition coefficient (Wildman–Crippen LogP) is 1.54. The number of amides is 1. The predicted molar refractivity (Wildman–Crippen MR) is 71.0 cm³/mol. The smallest absolute Gasteiger partial charge is 0.257 e. The maximum atomic E-state index is 13.8. The van der Waals surface area contributed by atoms with Gasteiger partial charge in [-0.15, -0.1) is 0 Å². The second-order valence-corrected chi connectivity index (χ2v) is 4.81. The lowest BCUT2D eigenvalue weighted by Gasteiger charge is -2.33. The summed E-state index contributed by atoms with van der Waals surface area (Å²) in [6.45, 7) is 2.03. The molecule has 0 saturated carbocycles. The minimum atomic E-state index is -0.661. The van der Waals surface area contributed by atoms with Gasteiger partial charge >= 0.3 is 0 Å². The summed E-state index contributed by atoms with van der Waals surface area (Å²) >= 11 is 5.69. The number of halogens is 2. The number of rotatable bonds is 3. The molecule has 1 atom stereocenters. The second kappa shape index (κ2) is 6.32. The first-order chi connectivity index (χ1) is 9.13. The van der Waals surface area contributed by atoms with E-state index in [2.05, 4.69) is 5.32 Å². The van der Waals surface area contributed by atoms with Gasteiger partial charge in [0.15, 0.2) is 5.82 Å². The van der Waals surface area contributed by atoms with E-state index in [1.54, 1.807) is 11.0 Å². The molecule has 1 N–H and O–H groups in total. The SMILES string of the molecule is CNCC1CN(C(=O)c2cccc(Cl)c2F)CCO1. The van der Waals surface area contributed by atoms with E-state index in [-0.39, 0.29) is 22.6 Å². The maximum absolute atomic E-state index is 13.8. The fourth-order valence-corrected chi connectivity index (χ4v) is 2.27. The fraction of sp³-hybridized carbons (Fsp3) is 0.462. The maximum Gasteiger partial charge on any atom is 0.257 e. The summed E-state index contributed by atoms with van der Waals surface area (Å²) in [5.41, 5.74) is 0.0117. The van der Waals surface area contributed by atoms with Crippen molar-refractivity contribution in [2.75, 3.05) is 33.3 Å². The highest BCUT2D eigenvalue weighted by molar-refractivity contribution is 6.31. The molecule has 1 heterocycles. The first-order valence-electron chi connectivity index (χ1n) is 6.13. The summed E-state index contributed by atoms with van der Waals surface area (Å²) < 4.78 is 19.3. The van der Waals surface area contributed by atoms with Crippen LogP contribution in [-0.4, -0.2) is 50.2 Å². The van der Waals surface area contributed by atoms with Gasteiger partial charge in [0.05, 0.1) is 23.3 Å². The van der Waals surface area contributed by atoms with Crippen molar-refractivity contribution in [1.29, 1.82) is 0 Å². The lowest BCUT2D eigenvalue weighted by atomic mass is 10.1. The average molecular weight is 287 g/mol. The Hall–Kier alpha value is -1.17. The van der Waals surface area contributed by atoms with Crippen LogP contribution in [0.1, 0.15) is 10.4 Å². The van der Waals surface area contributed by atoms with Crippen LogP contribution in [0.15, 0.2) is 18.2 Å². The first-order valence-corrected chi connectivity index (χ1v) is 6.50. The average Bonchev–Trinajstić information content (AvgIpc) is 2.42. The third-order valence-corrected chi connectivity index (χ3v) is 3.33. The van der Waals surface area contributed by atoms with Crippen LogP contribution in [0.25, 0.3) is 0 Å². The Bertz CT molecular complexity index is 468. The number of benzene rings is 1. The lowest BCUT2D eigenvalue weighted by Crippen LogP contribution is -2.48. The van der Waals surface area contributed by atoms with Gasteiger partial charge in [-0.1, -0.05) is 17.7 Å². The van der Waals surface area contributed by atoms with Crippen LogP contribution >= 0.6 is 11.6 Å². The fourth-order valence-electron chi connectivity index (χ4n) is 2.09. The number of hydrogen-bond donors (Lipinski definition) is 1. The van der Waals surface area contributed by atoms with E-state index in [0.717, 1.165) is 0 Å². The van der Waals surface area contributed by atoms with Crippen molar-refractivity contribution in [3.05, 3.63) is 34.6 Å². The van der Waals surface area contributed by atoms with Crippen molar-refractivity contribution in [2.24, 2.45) is 0 Å². The minimum Gasteiger partial charge on any atom is -0.373 e. The number of nitrogens with zero attached hydrogens (tertiary/aromatic N) is 1. The van der Waals surface area contributed by atoms with E-state index in [1.807, 2.05) is 7.05 Å². The molecule has 1 aliphatic rings. The van der Waals surface area contributed by atoms with Crippen molar-refractivity contribution < 1.29 is 13.9 Å². The molecule has 0 spiro atoms. The van der Waals surface area contributed by atoms with Crippen molar-refractivity contribution >= 4 is 17.5 Å². The zero-order valence-corrected chi connectivity index (χ0v) is 11.4. The van der Waals surface area contributed by atoms with E-state index < -0.39 is 5.82 Å². The second-order valence-electron chi connectivity index (χ2n) is 4.40. The van der Waals surface area contributed by atoms with Gasteiger partial charge in [0, 0.05) is 19.6 Å². The number of carbonyl (C=O) groups is 1. The molecule has 0 radical (unpaired) electrons. The standard InChI is InChI=1S/C13H16ClFN2O2/c1-16-7-9-8-17(5-6-19-9)13(18)10-3-2-4-11(14)12(10)15/h2-4,9,16H,5-8H2,1H3. The van der Waals surface area contributed by atoms with Crippen molar-refractivity contribution in [1.82, 2.24) is 10.2 Å². The molecule has 2 rings (SSSR count). The van der Waals surface area contributed by atoms with Gasteiger partial charge in [-0.05, 0) is 19.2 Å². The molecule has 1 amide bonds. The number of likely N-dealkylation sites (N-methyl/N-ethyl adjacent to an activating group) is 1. The monoisotopic (exact) mass is 286 g/mol. The number of ether oxygens (including phenoxy) is 1. The topological polar surface area (TPSA) is 41.6 Å². The molecule has 6 heteroatoms. The van der Waals surface area contributed by atoms with Gasteiger partial charge < -0.3 is 15.0 Å². The van der Waals surface area contributed by atoms with Gasteiger partial charge in [0.1, 0.15) is 0 Å². The molecule has 1 aliphatic heterocycles. The molecule has 1 unspecified atom stereocenters. The lowest BCUT2D eigenvalue weighted by molar-refractivity contribution is -0.0197. The number of morpholine rings is 1. The Balaban J connectivity index is 2.12. The Kier molecular flexibility index (Phi) is 4.74. The highest BCUT2D eigenvalue weighted by Gasteiger charge is 2.26. The third kappa shape index (κ3) is 3.23. The Morgan fingerprint density at radius 2 is 2.42 bits per heavy atom. The van der Waals surface area contributed by atoms with Gasteiger partial charge in [0.2, 0.25) is 0 Å². The summed E-state index contributed by atoms with van der Waals surface area (Å²) in [7, 11) is 1.82. The van der Waals surface area contributed by atoms with Crippen LogP contribution in [0.5, 0.6) is 0 Å². The van der Waals surface area contributed by atoms with Crippen LogP contribution in [0.4, 0.5) is 4.39 Å². The van der Waals surface area contributed by atoms with E-state index >= 15 is 0 Å². The van der Waals surface area contributed by atoms with E-state index in [1.165, 1.54) is 12.1 Å². The molecule has 1 aromatic carbocycles. The molecule has 0 aliphatic carbocycles. The summed E-state index contributed by atoms with van der Waals surface area (Å²) in [5, 5.41) is 2.96. The minimum absolute atomic E-state index is 0.0117. The molecule has 1 aromatic rings. The molecule has 1 saturated heterocycles.